The van der Waals surface area contributed by atoms with Crippen LogP contribution in [0.4, 0.5) is 0 Å². The van der Waals surface area contributed by atoms with Crippen LogP contribution in [-0.2, 0) is 5.41 Å². The lowest BCUT2D eigenvalue weighted by atomic mass is 9.90. The van der Waals surface area contributed by atoms with Crippen molar-refractivity contribution in [3.8, 4) is 0 Å². The molecule has 0 atom stereocenters. The highest BCUT2D eigenvalue weighted by Crippen LogP contribution is 2.27. The molecule has 0 bridgehead atoms. The lowest BCUT2D eigenvalue weighted by Crippen LogP contribution is -2.20. The quantitative estimate of drug-likeness (QED) is 0.683. The Morgan fingerprint density at radius 3 is 2.07 bits per heavy atom. The largest absolute Gasteiger partial charge is 0.291 e. The summed E-state index contributed by atoms with van der Waals surface area (Å²) in [7, 11) is 0. The number of nitrogens with zero attached hydrogens (tertiary/aromatic N) is 1. The zero-order valence-electron chi connectivity index (χ0n) is 10.3. The minimum absolute atomic E-state index is 0.0207. The normalized spacial score (nSPS) is 12.9. The number of thiazole rings is 1. The Kier molecular flexibility index (Phi) is 3.06. The van der Waals surface area contributed by atoms with Gasteiger partial charge in [0.05, 0.1) is 5.69 Å². The molecule has 84 valence electrons. The van der Waals surface area contributed by atoms with Crippen molar-refractivity contribution < 1.29 is 4.79 Å². The summed E-state index contributed by atoms with van der Waals surface area (Å²) in [5, 5.41) is 2.62. The van der Waals surface area contributed by atoms with E-state index in [1.54, 1.807) is 0 Å². The molecule has 0 aliphatic rings. The van der Waals surface area contributed by atoms with E-state index < -0.39 is 0 Å². The first-order valence-corrected chi connectivity index (χ1v) is 6.01. The van der Waals surface area contributed by atoms with Gasteiger partial charge < -0.3 is 0 Å². The Hall–Kier alpha value is -0.700. The van der Waals surface area contributed by atoms with Crippen LogP contribution in [0.2, 0.25) is 0 Å². The monoisotopic (exact) mass is 225 g/mol. The smallest absolute Gasteiger partial charge is 0.196 e. The molecule has 0 fully saturated rings. The lowest BCUT2D eigenvalue weighted by molar-refractivity contribution is 0.0857. The molecule has 0 aromatic carbocycles. The first kappa shape index (κ1) is 12.4. The molecule has 0 saturated carbocycles. The summed E-state index contributed by atoms with van der Waals surface area (Å²) in [5.41, 5.74) is 0.681. The molecule has 0 amide bonds. The molecular weight excluding hydrogens is 206 g/mol. The fourth-order valence-corrected chi connectivity index (χ4v) is 2.24. The Morgan fingerprint density at radius 2 is 1.73 bits per heavy atom. The summed E-state index contributed by atoms with van der Waals surface area (Å²) in [6.45, 7) is 12.1. The van der Waals surface area contributed by atoms with Crippen molar-refractivity contribution in [1.29, 1.82) is 0 Å². The summed E-state index contributed by atoms with van der Waals surface area (Å²) in [4.78, 5) is 16.4. The average molecular weight is 225 g/mol. The van der Waals surface area contributed by atoms with Crippen molar-refractivity contribution in [2.24, 2.45) is 5.41 Å². The van der Waals surface area contributed by atoms with Crippen LogP contribution in [0.3, 0.4) is 0 Å². The van der Waals surface area contributed by atoms with Crippen LogP contribution in [0, 0.1) is 5.41 Å². The molecule has 1 rings (SSSR count). The van der Waals surface area contributed by atoms with E-state index in [-0.39, 0.29) is 16.6 Å². The molecule has 0 saturated heterocycles. The Balaban J connectivity index is 3.01. The van der Waals surface area contributed by atoms with Crippen LogP contribution in [0.1, 0.15) is 57.0 Å². The number of hydrogen-bond donors (Lipinski definition) is 0. The van der Waals surface area contributed by atoms with Crippen LogP contribution in [0.5, 0.6) is 0 Å². The van der Waals surface area contributed by atoms with E-state index in [1.165, 1.54) is 11.3 Å². The first-order chi connectivity index (χ1) is 6.62. The molecule has 1 heterocycles. The maximum atomic E-state index is 12.0. The number of hydrogen-bond acceptors (Lipinski definition) is 3. The molecule has 2 nitrogen and oxygen atoms in total. The Labute approximate surface area is 95.7 Å². The van der Waals surface area contributed by atoms with E-state index in [9.17, 15) is 4.79 Å². The minimum Gasteiger partial charge on any atom is -0.291 e. The van der Waals surface area contributed by atoms with Gasteiger partial charge in [0, 0.05) is 16.2 Å². The molecule has 1 aromatic rings. The summed E-state index contributed by atoms with van der Waals surface area (Å²) >= 11 is 1.45. The van der Waals surface area contributed by atoms with Crippen molar-refractivity contribution in [1.82, 2.24) is 4.98 Å². The maximum absolute atomic E-state index is 12.0. The number of carbonyl (C=O) groups excluding carboxylic acids is 1. The fourth-order valence-electron chi connectivity index (χ4n) is 1.04. The first-order valence-electron chi connectivity index (χ1n) is 5.13. The molecule has 0 aliphatic heterocycles. The number of ketones is 1. The second-order valence-electron chi connectivity index (χ2n) is 5.87. The van der Waals surface area contributed by atoms with Gasteiger partial charge in [-0.05, 0) is 0 Å². The predicted octanol–water partition coefficient (Wildman–Crippen LogP) is 3.67. The molecule has 0 aliphatic carbocycles. The van der Waals surface area contributed by atoms with Gasteiger partial charge in [-0.15, -0.1) is 11.3 Å². The van der Waals surface area contributed by atoms with Crippen molar-refractivity contribution in [3.63, 3.8) is 0 Å². The van der Waals surface area contributed by atoms with E-state index in [0.717, 1.165) is 5.69 Å². The van der Waals surface area contributed by atoms with Gasteiger partial charge >= 0.3 is 0 Å². The van der Waals surface area contributed by atoms with E-state index in [2.05, 4.69) is 25.8 Å². The van der Waals surface area contributed by atoms with Crippen LogP contribution >= 0.6 is 11.3 Å². The molecule has 0 radical (unpaired) electrons. The topological polar surface area (TPSA) is 30.0 Å². The summed E-state index contributed by atoms with van der Waals surface area (Å²) in [5.74, 6) is 0.128. The van der Waals surface area contributed by atoms with Gasteiger partial charge in [0.1, 0.15) is 0 Å². The van der Waals surface area contributed by atoms with Gasteiger partial charge in [-0.25, -0.2) is 4.98 Å². The van der Waals surface area contributed by atoms with Crippen molar-refractivity contribution in [3.05, 3.63) is 16.1 Å². The molecule has 3 heteroatoms. The van der Waals surface area contributed by atoms with Crippen LogP contribution in [-0.4, -0.2) is 10.8 Å². The van der Waals surface area contributed by atoms with Gasteiger partial charge in [0.15, 0.2) is 10.8 Å². The zero-order valence-corrected chi connectivity index (χ0v) is 11.2. The summed E-state index contributed by atoms with van der Waals surface area (Å²) < 4.78 is 0. The van der Waals surface area contributed by atoms with Crippen molar-refractivity contribution in [2.45, 2.75) is 47.0 Å². The minimum atomic E-state index is -0.340. The molecule has 0 N–H and O–H groups in total. The highest BCUT2D eigenvalue weighted by atomic mass is 32.1. The predicted molar refractivity (Wildman–Crippen MR) is 64.6 cm³/mol. The fraction of sp³-hybridized carbons (Fsp3) is 0.667. The number of rotatable bonds is 1. The van der Waals surface area contributed by atoms with Crippen LogP contribution in [0.25, 0.3) is 0 Å². The second-order valence-corrected chi connectivity index (χ2v) is 6.73. The van der Waals surface area contributed by atoms with Gasteiger partial charge in [0.2, 0.25) is 0 Å². The summed E-state index contributed by atoms with van der Waals surface area (Å²) in [6, 6.07) is 0. The molecule has 0 spiro atoms. The highest BCUT2D eigenvalue weighted by Gasteiger charge is 2.27. The van der Waals surface area contributed by atoms with E-state index in [4.69, 9.17) is 0 Å². The number of carbonyl (C=O) groups is 1. The number of aromatic nitrogens is 1. The van der Waals surface area contributed by atoms with Crippen LogP contribution < -0.4 is 0 Å². The third kappa shape index (κ3) is 2.88. The zero-order chi connectivity index (χ0) is 11.9. The highest BCUT2D eigenvalue weighted by molar-refractivity contribution is 7.11. The van der Waals surface area contributed by atoms with Gasteiger partial charge in [-0.2, -0.15) is 0 Å². The van der Waals surface area contributed by atoms with Gasteiger partial charge in [-0.1, -0.05) is 41.5 Å². The standard InChI is InChI=1S/C12H19NOS/c1-11(2,3)8-7-15-10(13-8)9(14)12(4,5)6/h7H,1-6H3. The molecule has 1 aromatic heterocycles. The third-order valence-electron chi connectivity index (χ3n) is 2.15. The Morgan fingerprint density at radius 1 is 1.20 bits per heavy atom. The molecule has 0 unspecified atom stereocenters. The van der Waals surface area contributed by atoms with Crippen molar-refractivity contribution in [2.75, 3.05) is 0 Å². The summed E-state index contributed by atoms with van der Waals surface area (Å²) in [6.07, 6.45) is 0. The SMILES string of the molecule is CC(C)(C)C(=O)c1nc(C(C)(C)C)cs1. The van der Waals surface area contributed by atoms with Gasteiger partial charge in [-0.3, -0.25) is 4.79 Å². The van der Waals surface area contributed by atoms with Crippen molar-refractivity contribution >= 4 is 17.1 Å². The third-order valence-corrected chi connectivity index (χ3v) is 2.99. The molecule has 15 heavy (non-hydrogen) atoms. The lowest BCUT2D eigenvalue weighted by Gasteiger charge is -2.16. The second kappa shape index (κ2) is 3.71. The molecular formula is C12H19NOS. The van der Waals surface area contributed by atoms with E-state index >= 15 is 0 Å². The van der Waals surface area contributed by atoms with E-state index in [0.29, 0.717) is 5.01 Å². The van der Waals surface area contributed by atoms with E-state index in [1.807, 2.05) is 26.2 Å². The van der Waals surface area contributed by atoms with Gasteiger partial charge in [0.25, 0.3) is 0 Å². The maximum Gasteiger partial charge on any atom is 0.196 e. The average Bonchev–Trinajstić information content (AvgIpc) is 2.47. The Bertz CT molecular complexity index is 366. The number of Topliss-reactive ketones (excluding diaryl/α,β-unsaturated/α-hetero) is 1. The van der Waals surface area contributed by atoms with Crippen LogP contribution in [0.15, 0.2) is 5.38 Å².